The molecule has 0 spiro atoms. The molecule has 0 bridgehead atoms. The van der Waals surface area contributed by atoms with E-state index in [4.69, 9.17) is 0 Å². The number of sulfonamides is 1. The van der Waals surface area contributed by atoms with Crippen LogP contribution in [0.25, 0.3) is 0 Å². The third-order valence-electron chi connectivity index (χ3n) is 3.32. The van der Waals surface area contributed by atoms with Gasteiger partial charge in [0, 0.05) is 47.3 Å². The average molecular weight is 342 g/mol. The van der Waals surface area contributed by atoms with Crippen molar-refractivity contribution in [1.82, 2.24) is 18.2 Å². The summed E-state index contributed by atoms with van der Waals surface area (Å²) < 4.78 is 51.1. The maximum Gasteiger partial charge on any atom is 0.281 e. The predicted molar refractivity (Wildman–Crippen MR) is 78.2 cm³/mol. The summed E-state index contributed by atoms with van der Waals surface area (Å²) in [6.45, 7) is -0.0371. The molecule has 1 heterocycles. The zero-order chi connectivity index (χ0) is 16.4. The first-order valence-electron chi connectivity index (χ1n) is 6.34. The summed E-state index contributed by atoms with van der Waals surface area (Å²) in [4.78, 5) is 11.9. The first-order chi connectivity index (χ1) is 9.50. The average Bonchev–Trinajstić information content (AvgIpc) is 2.60. The molecule has 9 nitrogen and oxygen atoms in total. The van der Waals surface area contributed by atoms with Crippen molar-refractivity contribution in [2.45, 2.75) is 0 Å². The van der Waals surface area contributed by atoms with Crippen molar-refractivity contribution >= 4 is 26.1 Å². The van der Waals surface area contributed by atoms with Crippen molar-refractivity contribution in [1.29, 1.82) is 0 Å². The highest BCUT2D eigenvalue weighted by atomic mass is 32.2. The lowest BCUT2D eigenvalue weighted by molar-refractivity contribution is -0.124. The number of carbonyl (C=O) groups excluding carboxylic acids is 1. The molecule has 1 aliphatic heterocycles. The van der Waals surface area contributed by atoms with Gasteiger partial charge in [-0.05, 0) is 0 Å². The van der Waals surface area contributed by atoms with E-state index in [0.29, 0.717) is 0 Å². The van der Waals surface area contributed by atoms with Gasteiger partial charge in [-0.15, -0.1) is 0 Å². The monoisotopic (exact) mass is 342 g/mol. The van der Waals surface area contributed by atoms with Crippen molar-refractivity contribution in [2.24, 2.45) is 5.92 Å². The van der Waals surface area contributed by atoms with E-state index in [1.54, 1.807) is 0 Å². The van der Waals surface area contributed by atoms with Crippen molar-refractivity contribution < 1.29 is 21.6 Å². The van der Waals surface area contributed by atoms with E-state index in [1.165, 1.54) is 21.1 Å². The Labute approximate surface area is 126 Å². The van der Waals surface area contributed by atoms with Crippen LogP contribution in [-0.2, 0) is 25.0 Å². The Morgan fingerprint density at radius 1 is 1.10 bits per heavy atom. The first kappa shape index (κ1) is 18.3. The molecule has 1 aliphatic rings. The molecule has 0 aromatic rings. The number of nitrogens with zero attached hydrogens (tertiary/aromatic N) is 3. The predicted octanol–water partition coefficient (Wildman–Crippen LogP) is -2.27. The minimum atomic E-state index is -3.70. The van der Waals surface area contributed by atoms with E-state index in [1.807, 2.05) is 0 Å². The van der Waals surface area contributed by atoms with Crippen LogP contribution in [0.5, 0.6) is 0 Å². The summed E-state index contributed by atoms with van der Waals surface area (Å²) in [5.74, 6) is -1.13. The zero-order valence-corrected chi connectivity index (χ0v) is 14.2. The molecule has 1 N–H and O–H groups in total. The largest absolute Gasteiger partial charge is 0.359 e. The van der Waals surface area contributed by atoms with Crippen LogP contribution in [0, 0.1) is 5.92 Å². The molecule has 0 unspecified atom stereocenters. The van der Waals surface area contributed by atoms with Crippen LogP contribution in [0.4, 0.5) is 0 Å². The van der Waals surface area contributed by atoms with Crippen LogP contribution < -0.4 is 5.32 Å². The second-order valence-electron chi connectivity index (χ2n) is 5.08. The highest BCUT2D eigenvalue weighted by Gasteiger charge is 2.36. The van der Waals surface area contributed by atoms with Crippen LogP contribution in [0.3, 0.4) is 0 Å². The number of rotatable bonds is 4. The standard InChI is InChI=1S/C10H22N4O5S2/c1-11-10(15)9-7-13(20(4,16)17)5-6-14(8-9)21(18,19)12(2)3/h9H,5-8H2,1-4H3,(H,11,15)/t9-/m0/s1. The van der Waals surface area contributed by atoms with E-state index in [2.05, 4.69) is 5.32 Å². The van der Waals surface area contributed by atoms with Crippen molar-refractivity contribution in [3.63, 3.8) is 0 Å². The highest BCUT2D eigenvalue weighted by Crippen LogP contribution is 2.16. The number of carbonyl (C=O) groups is 1. The Balaban J connectivity index is 3.12. The Morgan fingerprint density at radius 3 is 2.00 bits per heavy atom. The molecule has 21 heavy (non-hydrogen) atoms. The lowest BCUT2D eigenvalue weighted by Gasteiger charge is -2.25. The minimum absolute atomic E-state index is 0.0150. The topological polar surface area (TPSA) is 107 Å². The third kappa shape index (κ3) is 4.36. The van der Waals surface area contributed by atoms with Crippen LogP contribution in [0.15, 0.2) is 0 Å². The fourth-order valence-corrected chi connectivity index (χ4v) is 4.07. The van der Waals surface area contributed by atoms with Crippen LogP contribution >= 0.6 is 0 Å². The molecule has 1 rings (SSSR count). The molecule has 124 valence electrons. The summed E-state index contributed by atoms with van der Waals surface area (Å²) in [7, 11) is -2.98. The molecule has 11 heteroatoms. The normalized spacial score (nSPS) is 23.0. The Bertz CT molecular complexity index is 587. The van der Waals surface area contributed by atoms with Gasteiger partial charge >= 0.3 is 0 Å². The molecule has 0 aromatic heterocycles. The van der Waals surface area contributed by atoms with Crippen molar-refractivity contribution in [3.8, 4) is 0 Å². The molecule has 1 amide bonds. The summed E-state index contributed by atoms with van der Waals surface area (Å²) in [5, 5.41) is 2.44. The van der Waals surface area contributed by atoms with Gasteiger partial charge in [0.15, 0.2) is 0 Å². The van der Waals surface area contributed by atoms with E-state index >= 15 is 0 Å². The molecular weight excluding hydrogens is 320 g/mol. The van der Waals surface area contributed by atoms with Gasteiger partial charge in [-0.3, -0.25) is 4.79 Å². The van der Waals surface area contributed by atoms with Crippen molar-refractivity contribution in [2.75, 3.05) is 53.6 Å². The van der Waals surface area contributed by atoms with E-state index in [0.717, 1.165) is 19.2 Å². The zero-order valence-electron chi connectivity index (χ0n) is 12.6. The van der Waals surface area contributed by atoms with Crippen LogP contribution in [0.2, 0.25) is 0 Å². The fourth-order valence-electron chi connectivity index (χ4n) is 2.07. The smallest absolute Gasteiger partial charge is 0.281 e. The molecule has 0 radical (unpaired) electrons. The molecular formula is C10H22N4O5S2. The van der Waals surface area contributed by atoms with Gasteiger partial charge in [-0.1, -0.05) is 0 Å². The van der Waals surface area contributed by atoms with Crippen LogP contribution in [0.1, 0.15) is 0 Å². The van der Waals surface area contributed by atoms with Crippen LogP contribution in [-0.4, -0.2) is 89.2 Å². The third-order valence-corrected chi connectivity index (χ3v) is 6.50. The summed E-state index contributed by atoms with van der Waals surface area (Å²) in [6.07, 6.45) is 1.05. The van der Waals surface area contributed by atoms with E-state index in [-0.39, 0.29) is 32.1 Å². The van der Waals surface area contributed by atoms with Gasteiger partial charge in [-0.25, -0.2) is 8.42 Å². The van der Waals surface area contributed by atoms with E-state index < -0.39 is 26.2 Å². The van der Waals surface area contributed by atoms with Crippen molar-refractivity contribution in [3.05, 3.63) is 0 Å². The van der Waals surface area contributed by atoms with Gasteiger partial charge < -0.3 is 5.32 Å². The quantitative estimate of drug-likeness (QED) is 0.620. The number of hydrogen-bond donors (Lipinski definition) is 1. The summed E-state index contributed by atoms with van der Waals surface area (Å²) in [6, 6.07) is 0. The number of nitrogens with one attached hydrogen (secondary N) is 1. The first-order valence-corrected chi connectivity index (χ1v) is 9.59. The SMILES string of the molecule is CNC(=O)[C@H]1CN(S(C)(=O)=O)CCN(S(=O)(=O)N(C)C)C1. The lowest BCUT2D eigenvalue weighted by atomic mass is 10.1. The number of amides is 1. The van der Waals surface area contributed by atoms with Gasteiger partial charge in [0.05, 0.1) is 12.2 Å². The highest BCUT2D eigenvalue weighted by molar-refractivity contribution is 7.88. The summed E-state index contributed by atoms with van der Waals surface area (Å²) in [5.41, 5.74) is 0. The van der Waals surface area contributed by atoms with Gasteiger partial charge in [0.2, 0.25) is 15.9 Å². The molecule has 0 aliphatic carbocycles. The molecule has 0 saturated carbocycles. The number of hydrogen-bond acceptors (Lipinski definition) is 5. The Hall–Kier alpha value is -0.750. The lowest BCUT2D eigenvalue weighted by Crippen LogP contribution is -2.45. The minimum Gasteiger partial charge on any atom is -0.359 e. The van der Waals surface area contributed by atoms with E-state index in [9.17, 15) is 21.6 Å². The Kier molecular flexibility index (Phi) is 5.72. The second-order valence-corrected chi connectivity index (χ2v) is 9.21. The van der Waals surface area contributed by atoms with Gasteiger partial charge in [-0.2, -0.15) is 21.3 Å². The van der Waals surface area contributed by atoms with Gasteiger partial charge in [0.1, 0.15) is 0 Å². The molecule has 1 saturated heterocycles. The fraction of sp³-hybridized carbons (Fsp3) is 0.900. The summed E-state index contributed by atoms with van der Waals surface area (Å²) >= 11 is 0. The van der Waals surface area contributed by atoms with Gasteiger partial charge in [0.25, 0.3) is 10.2 Å². The Morgan fingerprint density at radius 2 is 1.57 bits per heavy atom. The molecule has 1 atom stereocenters. The maximum absolute atomic E-state index is 12.2. The maximum atomic E-state index is 12.2. The molecule has 1 fully saturated rings. The second kappa shape index (κ2) is 6.57. The molecule has 0 aromatic carbocycles.